The predicted octanol–water partition coefficient (Wildman–Crippen LogP) is 23.6. The van der Waals surface area contributed by atoms with Crippen LogP contribution >= 0.6 is 0 Å². The van der Waals surface area contributed by atoms with E-state index in [1.54, 1.807) is 14.1 Å². The van der Waals surface area contributed by atoms with E-state index in [1.165, 1.54) is 225 Å². The van der Waals surface area contributed by atoms with Crippen LogP contribution in [0.1, 0.15) is 337 Å². The summed E-state index contributed by atoms with van der Waals surface area (Å²) in [6.45, 7) is 27.1. The molecule has 0 saturated heterocycles. The second-order valence-electron chi connectivity index (χ2n) is 20.4. The molecule has 0 rings (SSSR count). The van der Waals surface area contributed by atoms with Crippen molar-refractivity contribution in [2.75, 3.05) is 33.9 Å². The van der Waals surface area contributed by atoms with E-state index in [1.807, 2.05) is 39.0 Å². The number of carbonyl (C=O) groups excluding carboxylic acids is 3. The van der Waals surface area contributed by atoms with Gasteiger partial charge in [0.2, 0.25) is 0 Å². The largest absolute Gasteiger partial charge is 0.466 e. The third kappa shape index (κ3) is 105. The van der Waals surface area contributed by atoms with Crippen LogP contribution in [0.15, 0.2) is 72.5 Å². The van der Waals surface area contributed by atoms with Crippen LogP contribution in [0, 0.1) is 0 Å². The molecule has 0 fully saturated rings. The maximum atomic E-state index is 11.1. The quantitative estimate of drug-likeness (QED) is 0.0198. The zero-order valence-electron chi connectivity index (χ0n) is 53.9. The Morgan fingerprint density at radius 1 is 0.282 bits per heavy atom. The van der Waals surface area contributed by atoms with Crippen molar-refractivity contribution in [2.24, 2.45) is 10.2 Å². The van der Waals surface area contributed by atoms with Gasteiger partial charge in [0.1, 0.15) is 0 Å². The molecule has 0 saturated carbocycles. The van der Waals surface area contributed by atoms with Gasteiger partial charge in [-0.15, -0.1) is 19.7 Å². The van der Waals surface area contributed by atoms with Crippen LogP contribution < -0.4 is 0 Å². The van der Waals surface area contributed by atoms with Gasteiger partial charge >= 0.3 is 17.9 Å². The second kappa shape index (κ2) is 90.3. The highest BCUT2D eigenvalue weighted by atomic mass is 16.5. The summed E-state index contributed by atoms with van der Waals surface area (Å²) in [5.41, 5.74) is 0. The summed E-state index contributed by atoms with van der Waals surface area (Å²) in [6, 6.07) is 0. The Kier molecular flexibility index (Phi) is 99.5. The minimum atomic E-state index is -0.0569. The summed E-state index contributed by atoms with van der Waals surface area (Å²) in [7, 11) is 3.28. The van der Waals surface area contributed by atoms with Gasteiger partial charge in [0.05, 0.1) is 19.8 Å². The average Bonchev–Trinajstić information content (AvgIpc) is 3.44. The number of carbonyl (C=O) groups is 3. The van der Waals surface area contributed by atoms with Crippen LogP contribution in [0.2, 0.25) is 0 Å². The zero-order valence-corrected chi connectivity index (χ0v) is 53.9. The van der Waals surface area contributed by atoms with Crippen molar-refractivity contribution >= 4 is 17.9 Å². The number of nitrogens with zero attached hydrogens (tertiary/aromatic N) is 2. The summed E-state index contributed by atoms with van der Waals surface area (Å²) in [5, 5.41) is 6.72. The summed E-state index contributed by atoms with van der Waals surface area (Å²) in [6.07, 6.45) is 70.7. The molecule has 8 nitrogen and oxygen atoms in total. The van der Waals surface area contributed by atoms with Crippen molar-refractivity contribution in [1.82, 2.24) is 0 Å². The van der Waals surface area contributed by atoms with Crippen molar-refractivity contribution in [3.8, 4) is 0 Å². The van der Waals surface area contributed by atoms with Crippen molar-refractivity contribution in [2.45, 2.75) is 337 Å². The number of rotatable bonds is 51. The second-order valence-corrected chi connectivity index (χ2v) is 20.4. The Morgan fingerprint density at radius 2 is 0.462 bits per heavy atom. The minimum absolute atomic E-state index is 0.0415. The molecule has 0 aromatic heterocycles. The number of esters is 3. The van der Waals surface area contributed by atoms with E-state index in [0.29, 0.717) is 39.1 Å². The molecule has 462 valence electrons. The highest BCUT2D eigenvalue weighted by Crippen LogP contribution is 2.13. The molecule has 0 radical (unpaired) electrons. The summed E-state index contributed by atoms with van der Waals surface area (Å²) in [4.78, 5) is 33.2. The lowest BCUT2D eigenvalue weighted by atomic mass is 10.1. The van der Waals surface area contributed by atoms with Crippen LogP contribution in [0.25, 0.3) is 0 Å². The molecular weight excluding hydrogens is 965 g/mol. The lowest BCUT2D eigenvalue weighted by Crippen LogP contribution is -2.03. The molecule has 0 unspecified atom stereocenters. The van der Waals surface area contributed by atoms with E-state index in [4.69, 9.17) is 14.2 Å². The fourth-order valence-corrected chi connectivity index (χ4v) is 7.90. The van der Waals surface area contributed by atoms with E-state index in [9.17, 15) is 14.4 Å². The number of hydrogen-bond acceptors (Lipinski definition) is 8. The van der Waals surface area contributed by atoms with Gasteiger partial charge in [0, 0.05) is 33.4 Å². The van der Waals surface area contributed by atoms with Crippen LogP contribution in [-0.2, 0) is 28.6 Å². The Bertz CT molecular complexity index is 1230. The molecule has 0 aromatic rings. The first-order valence-electron chi connectivity index (χ1n) is 32.9. The Hall–Kier alpha value is -3.29. The maximum absolute atomic E-state index is 11.1. The van der Waals surface area contributed by atoms with Crippen molar-refractivity contribution in [1.29, 1.82) is 0 Å². The number of unbranched alkanes of at least 4 members (excludes halogenated alkanes) is 35. The molecule has 0 aliphatic carbocycles. The van der Waals surface area contributed by atoms with E-state index in [2.05, 4.69) is 82.0 Å². The van der Waals surface area contributed by atoms with Gasteiger partial charge in [-0.3, -0.25) is 14.4 Å². The molecule has 78 heavy (non-hydrogen) atoms. The Labute approximate surface area is 488 Å². The molecule has 0 spiro atoms. The lowest BCUT2D eigenvalue weighted by Gasteiger charge is -2.01. The van der Waals surface area contributed by atoms with Gasteiger partial charge in [-0.05, 0) is 130 Å². The fraction of sp³-hybridized carbons (Fsp3) is 0.814. The van der Waals surface area contributed by atoms with Crippen molar-refractivity contribution < 1.29 is 28.6 Å². The first-order chi connectivity index (χ1) is 38.2. The highest BCUT2D eigenvalue weighted by Gasteiger charge is 2.02. The summed E-state index contributed by atoms with van der Waals surface area (Å²) in [5.74, 6) is -0.141. The van der Waals surface area contributed by atoms with Crippen LogP contribution in [0.5, 0.6) is 0 Å². The molecule has 0 heterocycles. The molecular formula is C70H136N2O6. The lowest BCUT2D eigenvalue weighted by molar-refractivity contribution is -0.144. The molecule has 0 amide bonds. The van der Waals surface area contributed by atoms with Crippen molar-refractivity contribution in [3.05, 3.63) is 62.3 Å². The predicted molar refractivity (Wildman–Crippen MR) is 346 cm³/mol. The Balaban J connectivity index is -0.000000212. The third-order valence-corrected chi connectivity index (χ3v) is 12.7. The first kappa shape index (κ1) is 86.0. The van der Waals surface area contributed by atoms with Gasteiger partial charge < -0.3 is 14.2 Å². The number of ether oxygens (including phenoxy) is 3. The van der Waals surface area contributed by atoms with Crippen LogP contribution in [-0.4, -0.2) is 51.8 Å². The van der Waals surface area contributed by atoms with Crippen LogP contribution in [0.4, 0.5) is 0 Å². The molecule has 0 aliphatic heterocycles. The fourth-order valence-electron chi connectivity index (χ4n) is 7.90. The molecule has 0 aliphatic rings. The monoisotopic (exact) mass is 1100 g/mol. The molecule has 0 N–H and O–H groups in total. The molecule has 0 bridgehead atoms. The summed E-state index contributed by atoms with van der Waals surface area (Å²) >= 11 is 0. The van der Waals surface area contributed by atoms with E-state index in [-0.39, 0.29) is 17.9 Å². The van der Waals surface area contributed by atoms with Crippen LogP contribution in [0.3, 0.4) is 0 Å². The van der Waals surface area contributed by atoms with Gasteiger partial charge in [-0.2, -0.15) is 10.2 Å². The van der Waals surface area contributed by atoms with E-state index in [0.717, 1.165) is 44.9 Å². The third-order valence-electron chi connectivity index (χ3n) is 12.7. The Morgan fingerprint density at radius 3 is 0.654 bits per heavy atom. The summed E-state index contributed by atoms with van der Waals surface area (Å²) < 4.78 is 14.6. The average molecular weight is 1100 g/mol. The first-order valence-corrected chi connectivity index (χ1v) is 32.9. The van der Waals surface area contributed by atoms with Gasteiger partial charge in [-0.1, -0.05) is 231 Å². The smallest absolute Gasteiger partial charge is 0.305 e. The van der Waals surface area contributed by atoms with Gasteiger partial charge in [0.15, 0.2) is 0 Å². The normalized spacial score (nSPS) is 10.4. The number of azo groups is 1. The molecule has 0 aromatic carbocycles. The standard InChI is InChI=1S/C20H38O2.C18H34O2.C12H22O2.C10H20.C8H16.C2H6N2/c1-3-5-6-7-8-9-10-11-12-13-14-15-16-17-18-19-20(21)22-4-2;1-3-5-6-7-8-9-10-11-12-13-14-15-16-17-18(19)20-4-2;1-3-5-6-7-8-9-10-11-12(13)14-4-2;1-3-5-7-9-10-8-6-4-2;1-3-5-7-8-6-4-2;1-3-4-2/h11-12H,3-10,13-19H2,1-2H3;9-10H,3-8,11-17H2,1-2H3;3H,1,4-11H2,2H3;3H,1,4-10H2,2H3;3H,1,4-8H2,2H3;1-2H3/b12-11-;10-9-;;;;. The van der Waals surface area contributed by atoms with Gasteiger partial charge in [0.25, 0.3) is 0 Å². The molecule has 0 atom stereocenters. The molecule has 8 heteroatoms. The highest BCUT2D eigenvalue weighted by molar-refractivity contribution is 5.69. The van der Waals surface area contributed by atoms with Crippen molar-refractivity contribution in [3.63, 3.8) is 0 Å². The number of hydrogen-bond donors (Lipinski definition) is 0. The van der Waals surface area contributed by atoms with E-state index >= 15 is 0 Å². The minimum Gasteiger partial charge on any atom is -0.466 e. The maximum Gasteiger partial charge on any atom is 0.305 e. The number of allylic oxidation sites excluding steroid dienone is 7. The van der Waals surface area contributed by atoms with E-state index < -0.39 is 0 Å². The zero-order chi connectivity index (χ0) is 59.2. The topological polar surface area (TPSA) is 104 Å². The van der Waals surface area contributed by atoms with Gasteiger partial charge in [-0.25, -0.2) is 0 Å². The SMILES string of the molecule is C=CCCCCCC.C=CCCCCCCCC.C=CCCCCCCCC(=O)OCC.CCCCCC/C=C\CCCCCCCC(=O)OCC.CCCCCCCC/C=C\CCCCCCCC(=O)OCC.CN=NC.